The highest BCUT2D eigenvalue weighted by atomic mass is 32.2. The molecule has 1 saturated heterocycles. The zero-order valence-electron chi connectivity index (χ0n) is 16.3. The van der Waals surface area contributed by atoms with Gasteiger partial charge in [0.2, 0.25) is 10.0 Å². The lowest BCUT2D eigenvalue weighted by molar-refractivity contribution is 0.0996. The number of hydrogen-bond donors (Lipinski definition) is 1. The fourth-order valence-corrected chi connectivity index (χ4v) is 5.01. The minimum Gasteiger partial charge on any atom is -0.459 e. The molecule has 2 heterocycles. The summed E-state index contributed by atoms with van der Waals surface area (Å²) in [6, 6.07) is 8.15. The molecule has 1 aromatic carbocycles. The number of benzene rings is 1. The molecule has 0 spiro atoms. The lowest BCUT2D eigenvalue weighted by Crippen LogP contribution is -2.35. The van der Waals surface area contributed by atoms with Gasteiger partial charge in [-0.05, 0) is 57.0 Å². The largest absolute Gasteiger partial charge is 0.459 e. The van der Waals surface area contributed by atoms with Gasteiger partial charge in [0.1, 0.15) is 0 Å². The van der Waals surface area contributed by atoms with E-state index in [0.29, 0.717) is 18.8 Å². The van der Waals surface area contributed by atoms with E-state index in [1.165, 1.54) is 10.6 Å². The summed E-state index contributed by atoms with van der Waals surface area (Å²) in [5.41, 5.74) is 1.24. The van der Waals surface area contributed by atoms with Gasteiger partial charge in [0.15, 0.2) is 5.76 Å². The first-order chi connectivity index (χ1) is 13.5. The summed E-state index contributed by atoms with van der Waals surface area (Å²) in [7, 11) is -3.59. The van der Waals surface area contributed by atoms with Crippen LogP contribution in [0.25, 0.3) is 0 Å². The van der Waals surface area contributed by atoms with Crippen LogP contribution in [-0.2, 0) is 10.0 Å². The molecule has 1 fully saturated rings. The molecule has 3 rings (SSSR count). The zero-order valence-corrected chi connectivity index (χ0v) is 17.2. The van der Waals surface area contributed by atoms with Gasteiger partial charge in [0.25, 0.3) is 5.91 Å². The highest BCUT2D eigenvalue weighted by Gasteiger charge is 2.27. The van der Waals surface area contributed by atoms with Crippen LogP contribution in [0.15, 0.2) is 45.9 Å². The second-order valence-corrected chi connectivity index (χ2v) is 8.69. The average molecular weight is 406 g/mol. The molecule has 0 radical (unpaired) electrons. The highest BCUT2D eigenvalue weighted by Crippen LogP contribution is 2.31. The quantitative estimate of drug-likeness (QED) is 0.762. The van der Waals surface area contributed by atoms with Crippen molar-refractivity contribution in [2.45, 2.75) is 38.0 Å². The summed E-state index contributed by atoms with van der Waals surface area (Å²) in [4.78, 5) is 14.8. The van der Waals surface area contributed by atoms with Crippen LogP contribution in [0.2, 0.25) is 0 Å². The fraction of sp³-hybridized carbons (Fsp3) is 0.450. The first kappa shape index (κ1) is 20.4. The van der Waals surface area contributed by atoms with Crippen LogP contribution >= 0.6 is 0 Å². The topological polar surface area (TPSA) is 82.9 Å². The standard InChI is InChI=1S/C20H27N3O4S/c1-3-22(4-2)18-11-10-16(28(25,26)23-12-6-5-7-13-23)15-17(18)21-20(24)19-9-8-14-27-19/h8-11,14-15H,3-7,12-13H2,1-2H3,(H,21,24). The maximum absolute atomic E-state index is 13.1. The number of nitrogens with zero attached hydrogens (tertiary/aromatic N) is 2. The molecule has 7 nitrogen and oxygen atoms in total. The molecule has 1 aliphatic rings. The number of rotatable bonds is 7. The minimum absolute atomic E-state index is 0.176. The summed E-state index contributed by atoms with van der Waals surface area (Å²) in [6.07, 6.45) is 4.23. The normalized spacial score (nSPS) is 15.4. The Hall–Kier alpha value is -2.32. The third-order valence-corrected chi connectivity index (χ3v) is 6.91. The van der Waals surface area contributed by atoms with Crippen LogP contribution in [-0.4, -0.2) is 44.8 Å². The fourth-order valence-electron chi connectivity index (χ4n) is 3.46. The van der Waals surface area contributed by atoms with E-state index in [0.717, 1.165) is 38.0 Å². The lowest BCUT2D eigenvalue weighted by atomic mass is 10.2. The molecule has 0 saturated carbocycles. The van der Waals surface area contributed by atoms with Crippen molar-refractivity contribution >= 4 is 27.3 Å². The van der Waals surface area contributed by atoms with Gasteiger partial charge in [0.05, 0.1) is 22.5 Å². The monoisotopic (exact) mass is 405 g/mol. The Kier molecular flexibility index (Phi) is 6.41. The Labute approximate surface area is 166 Å². The molecule has 8 heteroatoms. The third kappa shape index (κ3) is 4.23. The van der Waals surface area contributed by atoms with Crippen LogP contribution in [0.5, 0.6) is 0 Å². The molecule has 0 atom stereocenters. The van der Waals surface area contributed by atoms with Crippen molar-refractivity contribution < 1.29 is 17.6 Å². The SMILES string of the molecule is CCN(CC)c1ccc(S(=O)(=O)N2CCCCC2)cc1NC(=O)c1ccco1. The van der Waals surface area contributed by atoms with E-state index < -0.39 is 15.9 Å². The van der Waals surface area contributed by atoms with E-state index in [9.17, 15) is 13.2 Å². The van der Waals surface area contributed by atoms with E-state index >= 15 is 0 Å². The van der Waals surface area contributed by atoms with Gasteiger partial charge in [0, 0.05) is 26.2 Å². The molecule has 0 aliphatic carbocycles. The van der Waals surface area contributed by atoms with Gasteiger partial charge in [-0.2, -0.15) is 4.31 Å². The molecule has 28 heavy (non-hydrogen) atoms. The molecule has 0 bridgehead atoms. The van der Waals surface area contributed by atoms with Gasteiger partial charge in [-0.15, -0.1) is 0 Å². The van der Waals surface area contributed by atoms with Crippen LogP contribution in [0, 0.1) is 0 Å². The van der Waals surface area contributed by atoms with Crippen molar-refractivity contribution in [2.24, 2.45) is 0 Å². The highest BCUT2D eigenvalue weighted by molar-refractivity contribution is 7.89. The molecule has 0 unspecified atom stereocenters. The van der Waals surface area contributed by atoms with Crippen molar-refractivity contribution in [3.63, 3.8) is 0 Å². The van der Waals surface area contributed by atoms with Gasteiger partial charge in [-0.3, -0.25) is 4.79 Å². The predicted octanol–water partition coefficient (Wildman–Crippen LogP) is 3.55. The summed E-state index contributed by atoms with van der Waals surface area (Å²) >= 11 is 0. The van der Waals surface area contributed by atoms with E-state index in [1.54, 1.807) is 30.3 Å². The summed E-state index contributed by atoms with van der Waals surface area (Å²) in [6.45, 7) is 6.57. The maximum Gasteiger partial charge on any atom is 0.291 e. The number of hydrogen-bond acceptors (Lipinski definition) is 5. The van der Waals surface area contributed by atoms with E-state index in [4.69, 9.17) is 4.42 Å². The Balaban J connectivity index is 1.98. The van der Waals surface area contributed by atoms with Gasteiger partial charge < -0.3 is 14.6 Å². The Morgan fingerprint density at radius 1 is 1.14 bits per heavy atom. The molecular formula is C20H27N3O4S. The number of carbonyl (C=O) groups excluding carboxylic acids is 1. The van der Waals surface area contributed by atoms with Gasteiger partial charge in [-0.1, -0.05) is 6.42 Å². The molecule has 1 N–H and O–H groups in total. The first-order valence-electron chi connectivity index (χ1n) is 9.71. The van der Waals surface area contributed by atoms with E-state index in [-0.39, 0.29) is 10.7 Å². The number of anilines is 2. The first-order valence-corrected chi connectivity index (χ1v) is 11.2. The predicted molar refractivity (Wildman–Crippen MR) is 109 cm³/mol. The summed E-state index contributed by atoms with van der Waals surface area (Å²) in [5, 5.41) is 2.82. The Bertz CT molecular complexity index is 900. The summed E-state index contributed by atoms with van der Waals surface area (Å²) < 4.78 is 32.8. The molecule has 1 aromatic heterocycles. The number of nitrogens with one attached hydrogen (secondary N) is 1. The lowest BCUT2D eigenvalue weighted by Gasteiger charge is -2.28. The van der Waals surface area contributed by atoms with Crippen molar-refractivity contribution in [2.75, 3.05) is 36.4 Å². The third-order valence-electron chi connectivity index (χ3n) is 5.02. The summed E-state index contributed by atoms with van der Waals surface area (Å²) in [5.74, 6) is -0.235. The van der Waals surface area contributed by atoms with Crippen molar-refractivity contribution in [1.29, 1.82) is 0 Å². The number of sulfonamides is 1. The number of piperidine rings is 1. The molecule has 152 valence electrons. The van der Waals surface area contributed by atoms with E-state index in [2.05, 4.69) is 10.2 Å². The second kappa shape index (κ2) is 8.79. The number of carbonyl (C=O) groups is 1. The van der Waals surface area contributed by atoms with Crippen molar-refractivity contribution in [1.82, 2.24) is 4.31 Å². The van der Waals surface area contributed by atoms with Gasteiger partial charge in [-0.25, -0.2) is 8.42 Å². The van der Waals surface area contributed by atoms with Crippen molar-refractivity contribution in [3.05, 3.63) is 42.4 Å². The molecule has 1 aliphatic heterocycles. The van der Waals surface area contributed by atoms with Gasteiger partial charge >= 0.3 is 0 Å². The van der Waals surface area contributed by atoms with Crippen LogP contribution < -0.4 is 10.2 Å². The number of furan rings is 1. The second-order valence-electron chi connectivity index (χ2n) is 6.75. The minimum atomic E-state index is -3.59. The van der Waals surface area contributed by atoms with Crippen LogP contribution in [0.1, 0.15) is 43.7 Å². The Morgan fingerprint density at radius 2 is 1.86 bits per heavy atom. The maximum atomic E-state index is 13.1. The van der Waals surface area contributed by atoms with Crippen molar-refractivity contribution in [3.8, 4) is 0 Å². The molecule has 2 aromatic rings. The van der Waals surface area contributed by atoms with Crippen LogP contribution in [0.3, 0.4) is 0 Å². The van der Waals surface area contributed by atoms with Crippen LogP contribution in [0.4, 0.5) is 11.4 Å². The smallest absolute Gasteiger partial charge is 0.291 e. The Morgan fingerprint density at radius 3 is 2.46 bits per heavy atom. The molecular weight excluding hydrogens is 378 g/mol. The molecule has 1 amide bonds. The average Bonchev–Trinajstić information content (AvgIpc) is 3.25. The van der Waals surface area contributed by atoms with E-state index in [1.807, 2.05) is 13.8 Å². The zero-order chi connectivity index (χ0) is 20.1. The number of amides is 1.